The van der Waals surface area contributed by atoms with E-state index >= 15 is 0 Å². The van der Waals surface area contributed by atoms with Gasteiger partial charge in [-0.05, 0) is 46.4 Å². The molecule has 1 aromatic rings. The molecule has 1 aliphatic rings. The molecule has 1 heterocycles. The minimum absolute atomic E-state index is 0.213. The van der Waals surface area contributed by atoms with Gasteiger partial charge in [0, 0.05) is 44.0 Å². The van der Waals surface area contributed by atoms with E-state index in [4.69, 9.17) is 4.74 Å². The Morgan fingerprint density at radius 1 is 1.26 bits per heavy atom. The average Bonchev–Trinajstić information content (AvgIpc) is 2.96. The lowest BCUT2D eigenvalue weighted by molar-refractivity contribution is 0.0288. The molecule has 1 atom stereocenters. The van der Waals surface area contributed by atoms with Crippen LogP contribution < -0.4 is 4.31 Å². The first-order chi connectivity index (χ1) is 10.8. The summed E-state index contributed by atoms with van der Waals surface area (Å²) >= 11 is 1.66. The summed E-state index contributed by atoms with van der Waals surface area (Å²) in [5.41, 5.74) is 0.718. The number of benzene rings is 1. The van der Waals surface area contributed by atoms with Crippen molar-refractivity contribution in [1.82, 2.24) is 9.21 Å². The number of para-hydroxylation sites is 1. The summed E-state index contributed by atoms with van der Waals surface area (Å²) in [4.78, 5) is 13.9. The molecule has 0 bridgehead atoms. The topological polar surface area (TPSA) is 36.0 Å². The molecule has 1 unspecified atom stereocenters. The summed E-state index contributed by atoms with van der Waals surface area (Å²) < 4.78 is 9.81. The van der Waals surface area contributed by atoms with Crippen LogP contribution in [0.1, 0.15) is 27.2 Å². The summed E-state index contributed by atoms with van der Waals surface area (Å²) in [5, 5.41) is 0. The molecule has 23 heavy (non-hydrogen) atoms. The predicted octanol–water partition coefficient (Wildman–Crippen LogP) is 3.63. The molecular weight excluding hydrogens is 310 g/mol. The molecule has 6 heteroatoms. The van der Waals surface area contributed by atoms with Crippen LogP contribution in [0.5, 0.6) is 0 Å². The van der Waals surface area contributed by atoms with Gasteiger partial charge in [0.25, 0.3) is 0 Å². The summed E-state index contributed by atoms with van der Waals surface area (Å²) in [6.45, 7) is 7.15. The maximum absolute atomic E-state index is 12.1. The molecule has 1 aliphatic heterocycles. The predicted molar refractivity (Wildman–Crippen MR) is 96.4 cm³/mol. The Morgan fingerprint density at radius 2 is 1.91 bits per heavy atom. The quantitative estimate of drug-likeness (QED) is 0.784. The highest BCUT2D eigenvalue weighted by molar-refractivity contribution is 7.98. The Hall–Kier alpha value is -1.40. The van der Waals surface area contributed by atoms with Crippen LogP contribution in [0.3, 0.4) is 0 Å². The van der Waals surface area contributed by atoms with Gasteiger partial charge in [-0.15, -0.1) is 0 Å². The maximum atomic E-state index is 12.1. The number of ether oxygens (including phenoxy) is 1. The van der Waals surface area contributed by atoms with E-state index < -0.39 is 5.60 Å². The third kappa shape index (κ3) is 5.32. The molecule has 1 amide bonds. The molecule has 0 aromatic heterocycles. The van der Waals surface area contributed by atoms with Crippen LogP contribution in [0.4, 0.5) is 10.5 Å². The number of hydrogen-bond acceptors (Lipinski definition) is 5. The number of amides is 1. The molecular formula is C17H27N3O2S. The van der Waals surface area contributed by atoms with Crippen molar-refractivity contribution < 1.29 is 9.53 Å². The number of nitrogens with zero attached hydrogens (tertiary/aromatic N) is 3. The van der Waals surface area contributed by atoms with Crippen molar-refractivity contribution in [2.45, 2.75) is 38.8 Å². The lowest BCUT2D eigenvalue weighted by Gasteiger charge is -2.29. The SMILES string of the molecule is CN(SN(C)C1CCN(C(=O)OC(C)(C)C)C1)c1ccccc1. The highest BCUT2D eigenvalue weighted by Crippen LogP contribution is 2.27. The molecule has 1 aromatic carbocycles. The summed E-state index contributed by atoms with van der Waals surface area (Å²) in [7, 11) is 4.13. The van der Waals surface area contributed by atoms with E-state index in [0.717, 1.165) is 18.7 Å². The third-order valence-electron chi connectivity index (χ3n) is 3.70. The van der Waals surface area contributed by atoms with E-state index in [1.54, 1.807) is 17.0 Å². The first-order valence-electron chi connectivity index (χ1n) is 7.94. The molecule has 0 aliphatic carbocycles. The van der Waals surface area contributed by atoms with Crippen LogP contribution in [-0.4, -0.2) is 54.1 Å². The number of carbonyl (C=O) groups is 1. The zero-order chi connectivity index (χ0) is 17.0. The fraction of sp³-hybridized carbons (Fsp3) is 0.588. The molecule has 0 saturated carbocycles. The second-order valence-corrected chi connectivity index (χ2v) is 8.12. The van der Waals surface area contributed by atoms with Crippen molar-refractivity contribution >= 4 is 23.9 Å². The van der Waals surface area contributed by atoms with Crippen LogP contribution in [0.2, 0.25) is 0 Å². The Kier molecular flexibility index (Phi) is 5.81. The lowest BCUT2D eigenvalue weighted by Crippen LogP contribution is -2.38. The number of carbonyl (C=O) groups excluding carboxylic acids is 1. The first kappa shape index (κ1) is 17.9. The third-order valence-corrected chi connectivity index (χ3v) is 4.71. The molecule has 5 nitrogen and oxygen atoms in total. The van der Waals surface area contributed by atoms with Crippen LogP contribution in [0.15, 0.2) is 30.3 Å². The Morgan fingerprint density at radius 3 is 2.52 bits per heavy atom. The van der Waals surface area contributed by atoms with Gasteiger partial charge >= 0.3 is 6.09 Å². The van der Waals surface area contributed by atoms with Crippen LogP contribution in [0, 0.1) is 0 Å². The molecule has 0 radical (unpaired) electrons. The maximum Gasteiger partial charge on any atom is 0.410 e. The van der Waals surface area contributed by atoms with Crippen molar-refractivity contribution in [3.63, 3.8) is 0 Å². The van der Waals surface area contributed by atoms with Gasteiger partial charge in [-0.1, -0.05) is 18.2 Å². The number of rotatable bonds is 4. The second-order valence-electron chi connectivity index (χ2n) is 6.83. The fourth-order valence-corrected chi connectivity index (χ4v) is 3.38. The van der Waals surface area contributed by atoms with Crippen molar-refractivity contribution in [2.24, 2.45) is 0 Å². The number of hydrogen-bond donors (Lipinski definition) is 0. The normalized spacial score (nSPS) is 18.3. The van der Waals surface area contributed by atoms with E-state index in [2.05, 4.69) is 34.8 Å². The van der Waals surface area contributed by atoms with Crippen LogP contribution in [0.25, 0.3) is 0 Å². The van der Waals surface area contributed by atoms with E-state index in [1.807, 2.05) is 39.0 Å². The number of likely N-dealkylation sites (tertiary alicyclic amines) is 1. The summed E-state index contributed by atoms with van der Waals surface area (Å²) in [5.74, 6) is 0. The van der Waals surface area contributed by atoms with Gasteiger partial charge < -0.3 is 13.9 Å². The Bertz CT molecular complexity index is 518. The Balaban J connectivity index is 1.85. The summed E-state index contributed by atoms with van der Waals surface area (Å²) in [6, 6.07) is 10.6. The summed E-state index contributed by atoms with van der Waals surface area (Å²) in [6.07, 6.45) is 0.751. The van der Waals surface area contributed by atoms with Crippen molar-refractivity contribution in [2.75, 3.05) is 31.5 Å². The van der Waals surface area contributed by atoms with Crippen molar-refractivity contribution in [1.29, 1.82) is 0 Å². The van der Waals surface area contributed by atoms with E-state index in [9.17, 15) is 4.79 Å². The average molecular weight is 337 g/mol. The largest absolute Gasteiger partial charge is 0.444 e. The van der Waals surface area contributed by atoms with Gasteiger partial charge in [-0.3, -0.25) is 0 Å². The van der Waals surface area contributed by atoms with E-state index in [-0.39, 0.29) is 6.09 Å². The van der Waals surface area contributed by atoms with Gasteiger partial charge in [-0.25, -0.2) is 9.10 Å². The molecule has 0 spiro atoms. The molecule has 2 rings (SSSR count). The fourth-order valence-electron chi connectivity index (χ4n) is 2.48. The van der Waals surface area contributed by atoms with Gasteiger partial charge in [0.1, 0.15) is 5.60 Å². The van der Waals surface area contributed by atoms with Gasteiger partial charge in [-0.2, -0.15) is 0 Å². The smallest absolute Gasteiger partial charge is 0.410 e. The first-order valence-corrected chi connectivity index (χ1v) is 8.67. The van der Waals surface area contributed by atoms with Gasteiger partial charge in [0.15, 0.2) is 0 Å². The van der Waals surface area contributed by atoms with Crippen molar-refractivity contribution in [3.8, 4) is 0 Å². The van der Waals surface area contributed by atoms with E-state index in [1.165, 1.54) is 0 Å². The standard InChI is InChI=1S/C17H27N3O2S/c1-17(2,3)22-16(21)20-12-11-15(13-20)19(5)23-18(4)14-9-7-6-8-10-14/h6-10,15H,11-13H2,1-5H3. The highest BCUT2D eigenvalue weighted by Gasteiger charge is 2.32. The van der Waals surface area contributed by atoms with Gasteiger partial charge in [0.05, 0.1) is 0 Å². The minimum Gasteiger partial charge on any atom is -0.444 e. The van der Waals surface area contributed by atoms with Crippen molar-refractivity contribution in [3.05, 3.63) is 30.3 Å². The molecule has 1 fully saturated rings. The van der Waals surface area contributed by atoms with E-state index in [0.29, 0.717) is 12.6 Å². The minimum atomic E-state index is -0.441. The number of anilines is 1. The molecule has 0 N–H and O–H groups in total. The zero-order valence-electron chi connectivity index (χ0n) is 14.7. The van der Waals surface area contributed by atoms with Gasteiger partial charge in [0.2, 0.25) is 0 Å². The highest BCUT2D eigenvalue weighted by atomic mass is 32.2. The Labute approximate surface area is 143 Å². The van der Waals surface area contributed by atoms with Crippen LogP contribution >= 0.6 is 12.1 Å². The second kappa shape index (κ2) is 7.45. The molecule has 128 valence electrons. The zero-order valence-corrected chi connectivity index (χ0v) is 15.5. The monoisotopic (exact) mass is 337 g/mol. The molecule has 1 saturated heterocycles. The van der Waals surface area contributed by atoms with Crippen LogP contribution in [-0.2, 0) is 4.74 Å². The number of likely N-dealkylation sites (N-methyl/N-ethyl adjacent to an activating group) is 1. The lowest BCUT2D eigenvalue weighted by atomic mass is 10.2.